The maximum atomic E-state index is 12.9. The Labute approximate surface area is 186 Å². The Bertz CT molecular complexity index is 1270. The number of ether oxygens (including phenoxy) is 2. The number of methoxy groups -OCH3 is 1. The second kappa shape index (κ2) is 9.47. The second-order valence-corrected chi connectivity index (χ2v) is 9.08. The average molecular weight is 454 g/mol. The SMILES string of the molecule is COc1ccc2ccccc2c1/C=N\NC(=O)c1cccc(S(=O)(=O)N2CCOCC2)c1. The zero-order valence-electron chi connectivity index (χ0n) is 17.5. The van der Waals surface area contributed by atoms with E-state index in [9.17, 15) is 13.2 Å². The number of amides is 1. The molecular weight excluding hydrogens is 430 g/mol. The molecule has 4 rings (SSSR count). The summed E-state index contributed by atoms with van der Waals surface area (Å²) in [5, 5.41) is 6.03. The lowest BCUT2D eigenvalue weighted by atomic mass is 10.0. The molecule has 166 valence electrons. The molecule has 0 spiro atoms. The van der Waals surface area contributed by atoms with E-state index in [-0.39, 0.29) is 23.5 Å². The number of rotatable bonds is 6. The third kappa shape index (κ3) is 4.50. The molecule has 1 heterocycles. The van der Waals surface area contributed by atoms with E-state index in [1.54, 1.807) is 19.2 Å². The molecule has 32 heavy (non-hydrogen) atoms. The number of benzene rings is 3. The summed E-state index contributed by atoms with van der Waals surface area (Å²) in [5.41, 5.74) is 3.39. The molecule has 3 aromatic rings. The van der Waals surface area contributed by atoms with Crippen molar-refractivity contribution in [1.82, 2.24) is 9.73 Å². The lowest BCUT2D eigenvalue weighted by molar-refractivity contribution is 0.0730. The first-order valence-corrected chi connectivity index (χ1v) is 11.5. The summed E-state index contributed by atoms with van der Waals surface area (Å²) in [6.07, 6.45) is 1.52. The van der Waals surface area contributed by atoms with Gasteiger partial charge < -0.3 is 9.47 Å². The number of nitrogens with one attached hydrogen (secondary N) is 1. The van der Waals surface area contributed by atoms with Gasteiger partial charge in [0, 0.05) is 24.2 Å². The fraction of sp³-hybridized carbons (Fsp3) is 0.217. The third-order valence-electron chi connectivity index (χ3n) is 5.21. The van der Waals surface area contributed by atoms with Crippen molar-refractivity contribution in [3.63, 3.8) is 0 Å². The first-order valence-electron chi connectivity index (χ1n) is 10.1. The minimum absolute atomic E-state index is 0.0618. The Balaban J connectivity index is 1.54. The van der Waals surface area contributed by atoms with Gasteiger partial charge in [-0.25, -0.2) is 13.8 Å². The molecule has 0 bridgehead atoms. The standard InChI is InChI=1S/C23H23N3O5S/c1-30-22-10-9-17-5-2-3-8-20(17)21(22)16-24-25-23(27)18-6-4-7-19(15-18)32(28,29)26-11-13-31-14-12-26/h2-10,15-16H,11-14H2,1H3,(H,25,27)/b24-16-. The Morgan fingerprint density at radius 2 is 1.88 bits per heavy atom. The number of hydrazone groups is 1. The van der Waals surface area contributed by atoms with E-state index >= 15 is 0 Å². The molecule has 1 amide bonds. The second-order valence-electron chi connectivity index (χ2n) is 7.15. The molecular formula is C23H23N3O5S. The van der Waals surface area contributed by atoms with E-state index in [0.29, 0.717) is 19.0 Å². The summed E-state index contributed by atoms with van der Waals surface area (Å²) >= 11 is 0. The van der Waals surface area contributed by atoms with Gasteiger partial charge in [0.2, 0.25) is 10.0 Å². The zero-order valence-corrected chi connectivity index (χ0v) is 18.3. The van der Waals surface area contributed by atoms with Gasteiger partial charge in [0.15, 0.2) is 0 Å². The Morgan fingerprint density at radius 1 is 1.09 bits per heavy atom. The molecule has 1 N–H and O–H groups in total. The van der Waals surface area contributed by atoms with Crippen molar-refractivity contribution >= 4 is 32.9 Å². The van der Waals surface area contributed by atoms with Crippen LogP contribution in [0.15, 0.2) is 70.7 Å². The molecule has 8 nitrogen and oxygen atoms in total. The number of hydrogen-bond acceptors (Lipinski definition) is 6. The topological polar surface area (TPSA) is 97.3 Å². The molecule has 0 unspecified atom stereocenters. The Kier molecular flexibility index (Phi) is 6.50. The predicted octanol–water partition coefficient (Wildman–Crippen LogP) is 2.63. The van der Waals surface area contributed by atoms with E-state index in [1.165, 1.54) is 22.7 Å². The number of nitrogens with zero attached hydrogens (tertiary/aromatic N) is 2. The molecule has 1 aliphatic rings. The van der Waals surface area contributed by atoms with Gasteiger partial charge in [-0.2, -0.15) is 9.41 Å². The van der Waals surface area contributed by atoms with Crippen LogP contribution < -0.4 is 10.2 Å². The summed E-state index contributed by atoms with van der Waals surface area (Å²) in [4.78, 5) is 12.7. The predicted molar refractivity (Wildman–Crippen MR) is 122 cm³/mol. The number of sulfonamides is 1. The summed E-state index contributed by atoms with van der Waals surface area (Å²) in [7, 11) is -2.13. The molecule has 1 fully saturated rings. The fourth-order valence-electron chi connectivity index (χ4n) is 3.54. The molecule has 0 atom stereocenters. The number of carbonyl (C=O) groups excluding carboxylic acids is 1. The summed E-state index contributed by atoms with van der Waals surface area (Å²) in [6, 6.07) is 17.5. The summed E-state index contributed by atoms with van der Waals surface area (Å²) in [5.74, 6) is 0.111. The smallest absolute Gasteiger partial charge is 0.271 e. The third-order valence-corrected chi connectivity index (χ3v) is 7.11. The van der Waals surface area contributed by atoms with Crippen LogP contribution in [-0.2, 0) is 14.8 Å². The molecule has 0 saturated carbocycles. The van der Waals surface area contributed by atoms with Crippen LogP contribution in [0.25, 0.3) is 10.8 Å². The molecule has 0 aromatic heterocycles. The first-order chi connectivity index (χ1) is 15.5. The van der Waals surface area contributed by atoms with Crippen molar-refractivity contribution in [1.29, 1.82) is 0 Å². The number of morpholine rings is 1. The van der Waals surface area contributed by atoms with Gasteiger partial charge in [0.25, 0.3) is 5.91 Å². The molecule has 3 aromatic carbocycles. The summed E-state index contributed by atoms with van der Waals surface area (Å²) in [6.45, 7) is 1.28. The van der Waals surface area contributed by atoms with Crippen LogP contribution in [0.5, 0.6) is 5.75 Å². The highest BCUT2D eigenvalue weighted by molar-refractivity contribution is 7.89. The van der Waals surface area contributed by atoms with Crippen molar-refractivity contribution in [2.24, 2.45) is 5.10 Å². The van der Waals surface area contributed by atoms with Crippen LogP contribution in [0.1, 0.15) is 15.9 Å². The quantitative estimate of drug-likeness (QED) is 0.457. The van der Waals surface area contributed by atoms with Crippen molar-refractivity contribution < 1.29 is 22.7 Å². The van der Waals surface area contributed by atoms with Gasteiger partial charge in [0.05, 0.1) is 31.4 Å². The maximum absolute atomic E-state index is 12.9. The van der Waals surface area contributed by atoms with Gasteiger partial charge in [-0.15, -0.1) is 0 Å². The molecule has 9 heteroatoms. The number of carbonyl (C=O) groups is 1. The zero-order chi connectivity index (χ0) is 22.6. The van der Waals surface area contributed by atoms with Crippen molar-refractivity contribution in [3.8, 4) is 5.75 Å². The van der Waals surface area contributed by atoms with Crippen LogP contribution in [0.3, 0.4) is 0 Å². The van der Waals surface area contributed by atoms with E-state index in [2.05, 4.69) is 10.5 Å². The fourth-order valence-corrected chi connectivity index (χ4v) is 4.99. The lowest BCUT2D eigenvalue weighted by Crippen LogP contribution is -2.40. The van der Waals surface area contributed by atoms with Crippen LogP contribution in [0.4, 0.5) is 0 Å². The van der Waals surface area contributed by atoms with Crippen molar-refractivity contribution in [3.05, 3.63) is 71.8 Å². The maximum Gasteiger partial charge on any atom is 0.271 e. The Morgan fingerprint density at radius 3 is 2.66 bits per heavy atom. The van der Waals surface area contributed by atoms with E-state index in [4.69, 9.17) is 9.47 Å². The van der Waals surface area contributed by atoms with Crippen LogP contribution in [0.2, 0.25) is 0 Å². The van der Waals surface area contributed by atoms with Gasteiger partial charge in [-0.1, -0.05) is 36.4 Å². The highest BCUT2D eigenvalue weighted by Gasteiger charge is 2.26. The highest BCUT2D eigenvalue weighted by atomic mass is 32.2. The Hall–Kier alpha value is -3.27. The molecule has 0 radical (unpaired) electrons. The van der Waals surface area contributed by atoms with Gasteiger partial charge in [0.1, 0.15) is 5.75 Å². The summed E-state index contributed by atoms with van der Waals surface area (Å²) < 4.78 is 37.7. The van der Waals surface area contributed by atoms with Crippen LogP contribution >= 0.6 is 0 Å². The molecule has 1 saturated heterocycles. The van der Waals surface area contributed by atoms with Gasteiger partial charge in [-0.3, -0.25) is 4.79 Å². The van der Waals surface area contributed by atoms with E-state index in [1.807, 2.05) is 36.4 Å². The van der Waals surface area contributed by atoms with Gasteiger partial charge >= 0.3 is 0 Å². The first kappa shape index (κ1) is 21.9. The minimum atomic E-state index is -3.70. The van der Waals surface area contributed by atoms with Crippen LogP contribution in [0, 0.1) is 0 Å². The number of fused-ring (bicyclic) bond motifs is 1. The van der Waals surface area contributed by atoms with Crippen molar-refractivity contribution in [2.45, 2.75) is 4.90 Å². The normalized spacial score (nSPS) is 15.2. The lowest BCUT2D eigenvalue weighted by Gasteiger charge is -2.26. The average Bonchev–Trinajstić information content (AvgIpc) is 2.84. The molecule has 0 aliphatic carbocycles. The van der Waals surface area contributed by atoms with Crippen LogP contribution in [-0.4, -0.2) is 58.3 Å². The van der Waals surface area contributed by atoms with E-state index < -0.39 is 15.9 Å². The monoisotopic (exact) mass is 453 g/mol. The van der Waals surface area contributed by atoms with Crippen molar-refractivity contribution in [2.75, 3.05) is 33.4 Å². The highest BCUT2D eigenvalue weighted by Crippen LogP contribution is 2.26. The largest absolute Gasteiger partial charge is 0.496 e. The number of hydrogen-bond donors (Lipinski definition) is 1. The van der Waals surface area contributed by atoms with E-state index in [0.717, 1.165) is 16.3 Å². The minimum Gasteiger partial charge on any atom is -0.496 e. The molecule has 1 aliphatic heterocycles. The van der Waals surface area contributed by atoms with Gasteiger partial charge in [-0.05, 0) is 35.0 Å².